The summed E-state index contributed by atoms with van der Waals surface area (Å²) in [5.41, 5.74) is 2.55. The molecule has 0 aliphatic carbocycles. The fourth-order valence-electron chi connectivity index (χ4n) is 2.48. The average molecular weight is 241 g/mol. The molecule has 0 fully saturated rings. The Balaban J connectivity index is 2.34. The van der Waals surface area contributed by atoms with Crippen LogP contribution in [0.3, 0.4) is 0 Å². The predicted octanol–water partition coefficient (Wildman–Crippen LogP) is 2.54. The summed E-state index contributed by atoms with van der Waals surface area (Å²) in [7, 11) is 4.41. The molecule has 0 saturated carbocycles. The van der Waals surface area contributed by atoms with Crippen molar-refractivity contribution < 1.29 is 0 Å². The minimum absolute atomic E-state index is 0.517. The van der Waals surface area contributed by atoms with Gasteiger partial charge in [0.05, 0.1) is 0 Å². The van der Waals surface area contributed by atoms with E-state index in [0.717, 1.165) is 0 Å². The molecule has 0 bridgehead atoms. The molecule has 0 atom stereocenters. The lowest BCUT2D eigenvalue weighted by Crippen LogP contribution is -2.46. The summed E-state index contributed by atoms with van der Waals surface area (Å²) in [6, 6.07) is 11.8. The first-order valence-corrected chi connectivity index (χ1v) is 6.67. The van der Waals surface area contributed by atoms with Crippen molar-refractivity contribution in [1.29, 1.82) is 0 Å². The molecule has 0 aliphatic rings. The highest BCUT2D eigenvalue weighted by Crippen LogP contribution is 2.13. The Morgan fingerprint density at radius 2 is 1.67 bits per heavy atom. The Kier molecular flexibility index (Phi) is 3.81. The van der Waals surface area contributed by atoms with E-state index in [9.17, 15) is 0 Å². The molecule has 18 heavy (non-hydrogen) atoms. The maximum absolute atomic E-state index is 2.40. The van der Waals surface area contributed by atoms with Crippen LogP contribution < -0.4 is 5.59 Å². The Bertz CT molecular complexity index is 520. The van der Waals surface area contributed by atoms with Crippen molar-refractivity contribution in [1.82, 2.24) is 9.38 Å². The Labute approximate surface area is 111 Å². The molecule has 0 N–H and O–H groups in total. The molecule has 3 heteroatoms. The second-order valence-electron chi connectivity index (χ2n) is 5.45. The third-order valence-corrected chi connectivity index (χ3v) is 3.46. The predicted molar refractivity (Wildman–Crippen MR) is 80.4 cm³/mol. The van der Waals surface area contributed by atoms with Crippen LogP contribution in [0.4, 0.5) is 0 Å². The smallest absolute Gasteiger partial charge is 0.270 e. The molecule has 0 saturated heterocycles. The van der Waals surface area contributed by atoms with E-state index >= 15 is 0 Å². The molecule has 1 aromatic heterocycles. The lowest BCUT2D eigenvalue weighted by Gasteiger charge is -2.30. The summed E-state index contributed by atoms with van der Waals surface area (Å²) in [5, 5.41) is 1.30. The Morgan fingerprint density at radius 3 is 2.22 bits per heavy atom. The van der Waals surface area contributed by atoms with E-state index in [1.165, 1.54) is 16.5 Å². The highest BCUT2D eigenvalue weighted by molar-refractivity contribution is 6.50. The topological polar surface area (TPSA) is 8.17 Å². The van der Waals surface area contributed by atoms with E-state index in [1.54, 1.807) is 0 Å². The quantitative estimate of drug-likeness (QED) is 0.747. The van der Waals surface area contributed by atoms with Crippen molar-refractivity contribution in [3.05, 3.63) is 30.3 Å². The van der Waals surface area contributed by atoms with Gasteiger partial charge in [-0.2, -0.15) is 0 Å². The van der Waals surface area contributed by atoms with Crippen molar-refractivity contribution >= 4 is 23.9 Å². The van der Waals surface area contributed by atoms with Gasteiger partial charge in [0.1, 0.15) is 0 Å². The number of fused-ring (bicyclic) bond motifs is 1. The second-order valence-corrected chi connectivity index (χ2v) is 5.45. The van der Waals surface area contributed by atoms with Crippen LogP contribution in [0.25, 0.3) is 10.9 Å². The SMILES string of the molecule is CC(C)N([B]c1cc2ccccc2n1C)C(C)C. The first-order valence-electron chi connectivity index (χ1n) is 6.67. The van der Waals surface area contributed by atoms with Crippen LogP contribution in [0.2, 0.25) is 0 Å². The molecule has 95 valence electrons. The third kappa shape index (κ3) is 2.46. The molecule has 0 amide bonds. The molecule has 0 spiro atoms. The third-order valence-electron chi connectivity index (χ3n) is 3.46. The number of aryl methyl sites for hydroxylation is 1. The molecule has 0 aliphatic heterocycles. The fraction of sp³-hybridized carbons (Fsp3) is 0.467. The molecule has 1 aromatic carbocycles. The summed E-state index contributed by atoms with van der Waals surface area (Å²) in [5.74, 6) is 0. The van der Waals surface area contributed by atoms with Crippen molar-refractivity contribution in [3.63, 3.8) is 0 Å². The number of para-hydroxylation sites is 1. The van der Waals surface area contributed by atoms with Gasteiger partial charge in [0.25, 0.3) is 7.41 Å². The standard InChI is InChI=1S/C15H22BN2/c1-11(2)18(12(3)4)16-15-10-13-8-6-7-9-14(13)17(15)5/h6-12H,1-5H3. The van der Waals surface area contributed by atoms with Gasteiger partial charge in [0.2, 0.25) is 0 Å². The van der Waals surface area contributed by atoms with Crippen LogP contribution in [0.15, 0.2) is 30.3 Å². The Hall–Kier alpha value is -1.22. The zero-order valence-corrected chi connectivity index (χ0v) is 12.0. The molecular formula is C15H22BN2. The summed E-state index contributed by atoms with van der Waals surface area (Å²) in [4.78, 5) is 2.40. The number of aromatic nitrogens is 1. The molecule has 2 rings (SSSR count). The Morgan fingerprint density at radius 1 is 1.06 bits per heavy atom. The van der Waals surface area contributed by atoms with E-state index in [4.69, 9.17) is 0 Å². The minimum Gasteiger partial charge on any atom is -0.355 e. The molecule has 2 aromatic rings. The fourth-order valence-corrected chi connectivity index (χ4v) is 2.48. The zero-order valence-electron chi connectivity index (χ0n) is 12.0. The van der Waals surface area contributed by atoms with Gasteiger partial charge >= 0.3 is 0 Å². The molecule has 2 nitrogen and oxygen atoms in total. The van der Waals surface area contributed by atoms with Gasteiger partial charge in [-0.3, -0.25) is 0 Å². The van der Waals surface area contributed by atoms with Gasteiger partial charge < -0.3 is 9.38 Å². The maximum Gasteiger partial charge on any atom is 0.270 e. The summed E-state index contributed by atoms with van der Waals surface area (Å²) in [6.45, 7) is 8.94. The van der Waals surface area contributed by atoms with Crippen LogP contribution in [0, 0.1) is 0 Å². The number of nitrogens with zero attached hydrogens (tertiary/aromatic N) is 2. The van der Waals surface area contributed by atoms with E-state index in [1.807, 2.05) is 0 Å². The first-order chi connectivity index (χ1) is 8.50. The van der Waals surface area contributed by atoms with E-state index in [2.05, 4.69) is 81.9 Å². The normalized spacial score (nSPS) is 12.0. The largest absolute Gasteiger partial charge is 0.355 e. The molecule has 1 heterocycles. The van der Waals surface area contributed by atoms with Crippen molar-refractivity contribution in [2.24, 2.45) is 7.05 Å². The molecular weight excluding hydrogens is 219 g/mol. The van der Waals surface area contributed by atoms with Gasteiger partial charge in [-0.1, -0.05) is 45.9 Å². The van der Waals surface area contributed by atoms with E-state index in [-0.39, 0.29) is 0 Å². The van der Waals surface area contributed by atoms with Gasteiger partial charge in [-0.05, 0) is 35.2 Å². The number of hydrogen-bond donors (Lipinski definition) is 0. The second kappa shape index (κ2) is 5.19. The lowest BCUT2D eigenvalue weighted by atomic mass is 9.82. The van der Waals surface area contributed by atoms with Crippen molar-refractivity contribution in [2.45, 2.75) is 39.8 Å². The minimum atomic E-state index is 0.517. The van der Waals surface area contributed by atoms with Gasteiger partial charge in [0, 0.05) is 12.6 Å². The van der Waals surface area contributed by atoms with Gasteiger partial charge in [0.15, 0.2) is 0 Å². The summed E-state index contributed by atoms with van der Waals surface area (Å²) >= 11 is 0. The monoisotopic (exact) mass is 241 g/mol. The average Bonchev–Trinajstić information content (AvgIpc) is 2.63. The van der Waals surface area contributed by atoms with Crippen molar-refractivity contribution in [3.8, 4) is 0 Å². The van der Waals surface area contributed by atoms with Gasteiger partial charge in [-0.15, -0.1) is 0 Å². The number of benzene rings is 1. The highest BCUT2D eigenvalue weighted by Gasteiger charge is 2.17. The summed E-state index contributed by atoms with van der Waals surface area (Å²) in [6.07, 6.45) is 0. The van der Waals surface area contributed by atoms with Crippen LogP contribution in [0.5, 0.6) is 0 Å². The van der Waals surface area contributed by atoms with Crippen LogP contribution in [-0.2, 0) is 7.05 Å². The lowest BCUT2D eigenvalue weighted by molar-refractivity contribution is 0.315. The summed E-state index contributed by atoms with van der Waals surface area (Å²) < 4.78 is 2.26. The highest BCUT2D eigenvalue weighted by atomic mass is 15.1. The number of rotatable bonds is 4. The van der Waals surface area contributed by atoms with Crippen LogP contribution in [0.1, 0.15) is 27.7 Å². The number of hydrogen-bond acceptors (Lipinski definition) is 1. The van der Waals surface area contributed by atoms with Crippen molar-refractivity contribution in [2.75, 3.05) is 0 Å². The first kappa shape index (κ1) is 13.2. The molecule has 1 radical (unpaired) electrons. The maximum atomic E-state index is 2.40. The molecule has 0 unspecified atom stereocenters. The van der Waals surface area contributed by atoms with Gasteiger partial charge in [-0.25, -0.2) is 0 Å². The van der Waals surface area contributed by atoms with E-state index < -0.39 is 0 Å². The van der Waals surface area contributed by atoms with Crippen LogP contribution >= 0.6 is 0 Å². The van der Waals surface area contributed by atoms with Crippen LogP contribution in [-0.4, -0.2) is 28.9 Å². The zero-order chi connectivity index (χ0) is 13.3. The van der Waals surface area contributed by atoms with E-state index in [0.29, 0.717) is 12.1 Å².